The molecule has 2 heterocycles. The van der Waals surface area contributed by atoms with E-state index in [2.05, 4.69) is 34.9 Å². The molecule has 1 fully saturated rings. The molecule has 0 atom stereocenters. The Bertz CT molecular complexity index is 975. The van der Waals surface area contributed by atoms with Gasteiger partial charge in [0.2, 0.25) is 0 Å². The van der Waals surface area contributed by atoms with E-state index in [1.807, 2.05) is 45.4 Å². The molecule has 0 spiro atoms. The van der Waals surface area contributed by atoms with E-state index in [1.54, 1.807) is 0 Å². The van der Waals surface area contributed by atoms with Gasteiger partial charge in [-0.1, -0.05) is 12.1 Å². The summed E-state index contributed by atoms with van der Waals surface area (Å²) in [5.41, 5.74) is 1.86. The average Bonchev–Trinajstić information content (AvgIpc) is 2.97. The smallest absolute Gasteiger partial charge is 0.271 e. The molecule has 1 amide bonds. The minimum Gasteiger partial charge on any atom is -0.348 e. The molecule has 140 valence electrons. The minimum atomic E-state index is -0.178. The number of hydrogen-bond donors (Lipinski definition) is 1. The van der Waals surface area contributed by atoms with Crippen molar-refractivity contribution in [3.63, 3.8) is 0 Å². The Morgan fingerprint density at radius 2 is 1.96 bits per heavy atom. The fraction of sp³-hybridized carbons (Fsp3) is 0.421. The lowest BCUT2D eigenvalue weighted by atomic mass is 9.79. The summed E-state index contributed by atoms with van der Waals surface area (Å²) in [6.45, 7) is 0.761. The molecule has 2 aromatic heterocycles. The van der Waals surface area contributed by atoms with Gasteiger partial charge in [-0.15, -0.1) is 10.2 Å². The maximum atomic E-state index is 12.5. The standard InChI is InChI=1S/C19H23N7O/c1-25(2)11-17-23-24-18(26(17)3)12-8-13(9-12)21-19(27)16-10-20-14-6-4-5-7-15(14)22-16/h4-7,10,12-13H,8-9,11H2,1-3H3,(H,21,27). The Morgan fingerprint density at radius 1 is 1.22 bits per heavy atom. The molecule has 0 unspecified atom stereocenters. The second-order valence-electron chi connectivity index (χ2n) is 7.35. The van der Waals surface area contributed by atoms with E-state index in [1.165, 1.54) is 6.20 Å². The number of nitrogens with one attached hydrogen (secondary N) is 1. The fourth-order valence-electron chi connectivity index (χ4n) is 3.42. The molecule has 8 heteroatoms. The van der Waals surface area contributed by atoms with Crippen molar-refractivity contribution < 1.29 is 4.79 Å². The van der Waals surface area contributed by atoms with E-state index in [0.717, 1.165) is 42.1 Å². The highest BCUT2D eigenvalue weighted by atomic mass is 16.2. The summed E-state index contributed by atoms with van der Waals surface area (Å²) in [4.78, 5) is 23.3. The molecule has 1 aliphatic carbocycles. The first-order valence-electron chi connectivity index (χ1n) is 9.07. The van der Waals surface area contributed by atoms with Crippen LogP contribution in [0.15, 0.2) is 30.5 Å². The van der Waals surface area contributed by atoms with Crippen molar-refractivity contribution >= 4 is 16.9 Å². The summed E-state index contributed by atoms with van der Waals surface area (Å²) in [5, 5.41) is 11.7. The van der Waals surface area contributed by atoms with E-state index in [-0.39, 0.29) is 11.9 Å². The van der Waals surface area contributed by atoms with E-state index >= 15 is 0 Å². The molecule has 4 rings (SSSR count). The number of benzene rings is 1. The number of amides is 1. The highest BCUT2D eigenvalue weighted by Crippen LogP contribution is 2.36. The van der Waals surface area contributed by atoms with Gasteiger partial charge in [-0.3, -0.25) is 9.78 Å². The Labute approximate surface area is 157 Å². The average molecular weight is 365 g/mol. The lowest BCUT2D eigenvalue weighted by Crippen LogP contribution is -2.44. The number of aromatic nitrogens is 5. The molecule has 0 aliphatic heterocycles. The van der Waals surface area contributed by atoms with Crippen LogP contribution < -0.4 is 5.32 Å². The highest BCUT2D eigenvalue weighted by Gasteiger charge is 2.35. The summed E-state index contributed by atoms with van der Waals surface area (Å²) in [5.74, 6) is 2.09. The van der Waals surface area contributed by atoms with E-state index in [0.29, 0.717) is 11.6 Å². The maximum Gasteiger partial charge on any atom is 0.271 e. The minimum absolute atomic E-state index is 0.129. The maximum absolute atomic E-state index is 12.5. The molecule has 1 aliphatic rings. The van der Waals surface area contributed by atoms with Gasteiger partial charge in [0.25, 0.3) is 5.91 Å². The third-order valence-corrected chi connectivity index (χ3v) is 4.98. The van der Waals surface area contributed by atoms with Crippen LogP contribution in [0.25, 0.3) is 11.0 Å². The highest BCUT2D eigenvalue weighted by molar-refractivity contribution is 5.94. The Hall–Kier alpha value is -2.87. The first kappa shape index (κ1) is 17.5. The number of rotatable bonds is 5. The molecule has 27 heavy (non-hydrogen) atoms. The predicted octanol–water partition coefficient (Wildman–Crippen LogP) is 1.50. The lowest BCUT2D eigenvalue weighted by molar-refractivity contribution is 0.0901. The SMILES string of the molecule is CN(C)Cc1nnc(C2CC(NC(=O)c3cnc4ccccc4n3)C2)n1C. The van der Waals surface area contributed by atoms with Crippen LogP contribution in [0.1, 0.15) is 40.9 Å². The third-order valence-electron chi connectivity index (χ3n) is 4.98. The largest absolute Gasteiger partial charge is 0.348 e. The normalized spacial score (nSPS) is 19.3. The van der Waals surface area contributed by atoms with Crippen LogP contribution in [0.2, 0.25) is 0 Å². The molecule has 0 bridgehead atoms. The van der Waals surface area contributed by atoms with Crippen LogP contribution in [0.3, 0.4) is 0 Å². The molecular weight excluding hydrogens is 342 g/mol. The van der Waals surface area contributed by atoms with Crippen molar-refractivity contribution in [1.82, 2.24) is 34.9 Å². The van der Waals surface area contributed by atoms with E-state index in [9.17, 15) is 4.79 Å². The lowest BCUT2D eigenvalue weighted by Gasteiger charge is -2.34. The number of fused-ring (bicyclic) bond motifs is 1. The number of carbonyl (C=O) groups is 1. The van der Waals surface area contributed by atoms with Gasteiger partial charge in [0.1, 0.15) is 17.3 Å². The monoisotopic (exact) mass is 365 g/mol. The van der Waals surface area contributed by atoms with Gasteiger partial charge in [-0.2, -0.15) is 0 Å². The van der Waals surface area contributed by atoms with Crippen LogP contribution in [0.5, 0.6) is 0 Å². The first-order chi connectivity index (χ1) is 13.0. The summed E-state index contributed by atoms with van der Waals surface area (Å²) in [6, 6.07) is 7.66. The van der Waals surface area contributed by atoms with Crippen molar-refractivity contribution in [2.75, 3.05) is 14.1 Å². The molecule has 0 saturated heterocycles. The summed E-state index contributed by atoms with van der Waals surface area (Å²) >= 11 is 0. The van der Waals surface area contributed by atoms with Gasteiger partial charge in [-0.05, 0) is 39.1 Å². The summed E-state index contributed by atoms with van der Waals surface area (Å²) < 4.78 is 2.07. The molecule has 3 aromatic rings. The number of nitrogens with zero attached hydrogens (tertiary/aromatic N) is 6. The number of para-hydroxylation sites is 2. The fourth-order valence-corrected chi connectivity index (χ4v) is 3.42. The zero-order valence-electron chi connectivity index (χ0n) is 15.8. The number of carbonyl (C=O) groups excluding carboxylic acids is 1. The third kappa shape index (κ3) is 3.52. The molecule has 0 radical (unpaired) electrons. The van der Waals surface area contributed by atoms with Crippen molar-refractivity contribution in [3.05, 3.63) is 47.8 Å². The van der Waals surface area contributed by atoms with Crippen molar-refractivity contribution in [3.8, 4) is 0 Å². The second-order valence-corrected chi connectivity index (χ2v) is 7.35. The first-order valence-corrected chi connectivity index (χ1v) is 9.07. The van der Waals surface area contributed by atoms with Crippen LogP contribution in [0.4, 0.5) is 0 Å². The van der Waals surface area contributed by atoms with E-state index in [4.69, 9.17) is 0 Å². The molecule has 1 aromatic carbocycles. The Kier molecular flexibility index (Phi) is 4.57. The van der Waals surface area contributed by atoms with Gasteiger partial charge in [-0.25, -0.2) is 4.98 Å². The topological polar surface area (TPSA) is 88.8 Å². The van der Waals surface area contributed by atoms with Gasteiger partial charge >= 0.3 is 0 Å². The van der Waals surface area contributed by atoms with Gasteiger partial charge < -0.3 is 14.8 Å². The zero-order valence-corrected chi connectivity index (χ0v) is 15.8. The summed E-state index contributed by atoms with van der Waals surface area (Å²) in [6.07, 6.45) is 3.26. The van der Waals surface area contributed by atoms with Crippen LogP contribution >= 0.6 is 0 Å². The predicted molar refractivity (Wildman–Crippen MR) is 101 cm³/mol. The van der Waals surface area contributed by atoms with Crippen LogP contribution in [-0.2, 0) is 13.6 Å². The van der Waals surface area contributed by atoms with Gasteiger partial charge in [0.05, 0.1) is 23.8 Å². The van der Waals surface area contributed by atoms with E-state index < -0.39 is 0 Å². The van der Waals surface area contributed by atoms with Gasteiger partial charge in [0.15, 0.2) is 0 Å². The molecule has 1 saturated carbocycles. The van der Waals surface area contributed by atoms with Crippen LogP contribution in [0, 0.1) is 0 Å². The van der Waals surface area contributed by atoms with Crippen molar-refractivity contribution in [1.29, 1.82) is 0 Å². The molecule has 1 N–H and O–H groups in total. The zero-order chi connectivity index (χ0) is 19.0. The van der Waals surface area contributed by atoms with Gasteiger partial charge in [0, 0.05) is 19.0 Å². The van der Waals surface area contributed by atoms with Crippen molar-refractivity contribution in [2.24, 2.45) is 7.05 Å². The molecule has 8 nitrogen and oxygen atoms in total. The Balaban J connectivity index is 1.37. The van der Waals surface area contributed by atoms with Crippen molar-refractivity contribution in [2.45, 2.75) is 31.3 Å². The quantitative estimate of drug-likeness (QED) is 0.737. The second kappa shape index (κ2) is 7.03. The molecular formula is C19H23N7O. The summed E-state index contributed by atoms with van der Waals surface area (Å²) in [7, 11) is 6.03. The van der Waals surface area contributed by atoms with Crippen LogP contribution in [-0.4, -0.2) is 55.7 Å². The Morgan fingerprint density at radius 3 is 2.70 bits per heavy atom. The number of hydrogen-bond acceptors (Lipinski definition) is 6.